The molecule has 164 valence electrons. The molecule has 34 heavy (non-hydrogen) atoms. The van der Waals surface area contributed by atoms with Crippen LogP contribution in [-0.2, 0) is 0 Å². The monoisotopic (exact) mass is 443 g/mol. The predicted octanol–water partition coefficient (Wildman–Crippen LogP) is 7.66. The molecule has 0 spiro atoms. The maximum atomic E-state index is 6.54. The van der Waals surface area contributed by atoms with E-state index in [1.54, 1.807) is 0 Å². The van der Waals surface area contributed by atoms with E-state index in [1.165, 1.54) is 5.56 Å². The molecule has 0 N–H and O–H groups in total. The minimum atomic E-state index is 0.602. The lowest BCUT2D eigenvalue weighted by Crippen LogP contribution is -2.01. The van der Waals surface area contributed by atoms with Crippen LogP contribution in [0.15, 0.2) is 81.6 Å². The summed E-state index contributed by atoms with van der Waals surface area (Å²) in [6, 6.07) is 24.8. The van der Waals surface area contributed by atoms with Crippen molar-refractivity contribution in [3.63, 3.8) is 0 Å². The van der Waals surface area contributed by atoms with Crippen molar-refractivity contribution in [3.8, 4) is 17.1 Å². The van der Waals surface area contributed by atoms with Gasteiger partial charge in [-0.1, -0.05) is 36.4 Å². The fourth-order valence-electron chi connectivity index (χ4n) is 4.93. The van der Waals surface area contributed by atoms with Crippen LogP contribution in [0.4, 0.5) is 0 Å². The second-order valence-electron chi connectivity index (χ2n) is 8.85. The SMILES string of the molecule is Cc1ccc2c(n1)oc1c3ccc(C)c(-c4nc5ccccc5n4-c4ccccc4C)c3oc21. The number of para-hydroxylation sites is 3. The molecule has 7 rings (SSSR count). The first-order valence-corrected chi connectivity index (χ1v) is 11.4. The van der Waals surface area contributed by atoms with Gasteiger partial charge >= 0.3 is 0 Å². The Labute approximate surface area is 195 Å². The lowest BCUT2D eigenvalue weighted by Gasteiger charge is -2.14. The van der Waals surface area contributed by atoms with Gasteiger partial charge in [0, 0.05) is 5.69 Å². The van der Waals surface area contributed by atoms with Crippen LogP contribution in [0.1, 0.15) is 16.8 Å². The first kappa shape index (κ1) is 19.1. The minimum absolute atomic E-state index is 0.602. The molecule has 0 radical (unpaired) electrons. The van der Waals surface area contributed by atoms with Crippen molar-refractivity contribution in [2.75, 3.05) is 0 Å². The van der Waals surface area contributed by atoms with Gasteiger partial charge in [-0.05, 0) is 68.3 Å². The number of imidazole rings is 1. The summed E-state index contributed by atoms with van der Waals surface area (Å²) in [5.41, 5.74) is 10.1. The maximum absolute atomic E-state index is 6.54. The minimum Gasteiger partial charge on any atom is -0.451 e. The maximum Gasteiger partial charge on any atom is 0.230 e. The Bertz CT molecular complexity index is 1900. The molecule has 5 heteroatoms. The number of aryl methyl sites for hydroxylation is 3. The summed E-state index contributed by atoms with van der Waals surface area (Å²) in [5.74, 6) is 0.855. The summed E-state index contributed by atoms with van der Waals surface area (Å²) in [7, 11) is 0. The molecule has 0 saturated heterocycles. The van der Waals surface area contributed by atoms with Gasteiger partial charge in [0.05, 0.1) is 33.1 Å². The summed E-state index contributed by atoms with van der Waals surface area (Å²) in [6.07, 6.45) is 0. The lowest BCUT2D eigenvalue weighted by atomic mass is 10.0. The van der Waals surface area contributed by atoms with Crippen molar-refractivity contribution in [1.82, 2.24) is 14.5 Å². The Balaban J connectivity index is 1.62. The second-order valence-corrected chi connectivity index (χ2v) is 8.85. The molecule has 0 aliphatic carbocycles. The molecule has 5 nitrogen and oxygen atoms in total. The van der Waals surface area contributed by atoms with Crippen LogP contribution in [0.5, 0.6) is 0 Å². The predicted molar refractivity (Wildman–Crippen MR) is 136 cm³/mol. The fraction of sp³-hybridized carbons (Fsp3) is 0.103. The molecule has 0 unspecified atom stereocenters. The zero-order chi connectivity index (χ0) is 23.0. The number of benzene rings is 3. The molecule has 0 aliphatic rings. The summed E-state index contributed by atoms with van der Waals surface area (Å²) < 4.78 is 15.0. The van der Waals surface area contributed by atoms with Crippen LogP contribution in [0, 0.1) is 20.8 Å². The molecule has 0 saturated carbocycles. The Morgan fingerprint density at radius 1 is 0.647 bits per heavy atom. The van der Waals surface area contributed by atoms with Crippen LogP contribution in [0.25, 0.3) is 61.3 Å². The number of fused-ring (bicyclic) bond motifs is 6. The zero-order valence-corrected chi connectivity index (χ0v) is 19.1. The summed E-state index contributed by atoms with van der Waals surface area (Å²) in [4.78, 5) is 9.64. The lowest BCUT2D eigenvalue weighted by molar-refractivity contribution is 0.644. The van der Waals surface area contributed by atoms with Gasteiger partial charge in [-0.15, -0.1) is 0 Å². The Morgan fingerprint density at radius 3 is 2.29 bits per heavy atom. The van der Waals surface area contributed by atoms with E-state index < -0.39 is 0 Å². The van der Waals surface area contributed by atoms with Crippen LogP contribution >= 0.6 is 0 Å². The van der Waals surface area contributed by atoms with Crippen LogP contribution in [0.3, 0.4) is 0 Å². The topological polar surface area (TPSA) is 57.0 Å². The Kier molecular flexibility index (Phi) is 3.83. The first-order chi connectivity index (χ1) is 16.6. The van der Waals surface area contributed by atoms with E-state index in [9.17, 15) is 0 Å². The number of nitrogens with zero attached hydrogens (tertiary/aromatic N) is 3. The Hall–Kier alpha value is -4.38. The number of rotatable bonds is 2. The van der Waals surface area contributed by atoms with E-state index in [2.05, 4.69) is 78.0 Å². The second kappa shape index (κ2) is 6.81. The van der Waals surface area contributed by atoms with E-state index >= 15 is 0 Å². The first-order valence-electron chi connectivity index (χ1n) is 11.4. The average Bonchev–Trinajstić information content (AvgIpc) is 3.48. The van der Waals surface area contributed by atoms with Crippen molar-refractivity contribution in [2.24, 2.45) is 0 Å². The number of aromatic nitrogens is 3. The van der Waals surface area contributed by atoms with E-state index in [-0.39, 0.29) is 0 Å². The van der Waals surface area contributed by atoms with Gasteiger partial charge in [0.2, 0.25) is 5.71 Å². The molecule has 7 aromatic rings. The van der Waals surface area contributed by atoms with E-state index in [0.29, 0.717) is 5.71 Å². The molecular weight excluding hydrogens is 422 g/mol. The van der Waals surface area contributed by atoms with Crippen molar-refractivity contribution in [3.05, 3.63) is 89.6 Å². The van der Waals surface area contributed by atoms with Crippen LogP contribution in [-0.4, -0.2) is 14.5 Å². The highest BCUT2D eigenvalue weighted by molar-refractivity contribution is 6.14. The van der Waals surface area contributed by atoms with E-state index in [4.69, 9.17) is 13.8 Å². The van der Waals surface area contributed by atoms with Gasteiger partial charge < -0.3 is 8.83 Å². The van der Waals surface area contributed by atoms with Gasteiger partial charge in [0.15, 0.2) is 11.2 Å². The quantitative estimate of drug-likeness (QED) is 0.275. The largest absolute Gasteiger partial charge is 0.451 e. The third-order valence-corrected chi connectivity index (χ3v) is 6.60. The molecule has 0 amide bonds. The van der Waals surface area contributed by atoms with E-state index in [1.807, 2.05) is 25.1 Å². The van der Waals surface area contributed by atoms with Crippen molar-refractivity contribution < 1.29 is 8.83 Å². The number of hydrogen-bond acceptors (Lipinski definition) is 4. The molecule has 4 heterocycles. The van der Waals surface area contributed by atoms with Gasteiger partial charge in [-0.2, -0.15) is 0 Å². The molecule has 0 bridgehead atoms. The molecule has 0 atom stereocenters. The highest BCUT2D eigenvalue weighted by Crippen LogP contribution is 2.42. The highest BCUT2D eigenvalue weighted by Gasteiger charge is 2.24. The highest BCUT2D eigenvalue weighted by atomic mass is 16.4. The molecule has 0 aliphatic heterocycles. The molecule has 3 aromatic carbocycles. The fourth-order valence-corrected chi connectivity index (χ4v) is 4.93. The Morgan fingerprint density at radius 2 is 1.41 bits per heavy atom. The van der Waals surface area contributed by atoms with Crippen molar-refractivity contribution in [1.29, 1.82) is 0 Å². The van der Waals surface area contributed by atoms with Crippen molar-refractivity contribution >= 4 is 44.3 Å². The van der Waals surface area contributed by atoms with Gasteiger partial charge in [0.1, 0.15) is 11.4 Å². The molecule has 4 aromatic heterocycles. The van der Waals surface area contributed by atoms with Gasteiger partial charge in [0.25, 0.3) is 0 Å². The zero-order valence-electron chi connectivity index (χ0n) is 19.1. The molecule has 0 fully saturated rings. The van der Waals surface area contributed by atoms with Gasteiger partial charge in [-0.3, -0.25) is 4.57 Å². The van der Waals surface area contributed by atoms with Crippen molar-refractivity contribution in [2.45, 2.75) is 20.8 Å². The summed E-state index contributed by atoms with van der Waals surface area (Å²) in [5, 5.41) is 1.81. The third kappa shape index (κ3) is 2.55. The standard InChI is InChI=1S/C29H21N3O2/c1-16-8-4-6-10-22(16)32-23-11-7-5-9-21(23)31-28(32)24-17(2)12-14-19-25(24)33-27-20-15-13-18(3)30-29(20)34-26(19)27/h4-15H,1-3H3. The van der Waals surface area contributed by atoms with Gasteiger partial charge in [-0.25, -0.2) is 9.97 Å². The van der Waals surface area contributed by atoms with Crippen LogP contribution in [0.2, 0.25) is 0 Å². The van der Waals surface area contributed by atoms with E-state index in [0.717, 1.165) is 66.9 Å². The van der Waals surface area contributed by atoms with Crippen LogP contribution < -0.4 is 0 Å². The number of hydrogen-bond donors (Lipinski definition) is 0. The normalized spacial score (nSPS) is 12.0. The molecular formula is C29H21N3O2. The number of pyridine rings is 1. The summed E-state index contributed by atoms with van der Waals surface area (Å²) in [6.45, 7) is 6.19. The average molecular weight is 444 g/mol. The summed E-state index contributed by atoms with van der Waals surface area (Å²) >= 11 is 0. The smallest absolute Gasteiger partial charge is 0.230 e. The number of furan rings is 2. The third-order valence-electron chi connectivity index (χ3n) is 6.60.